The fraction of sp³-hybridized carbons (Fsp3) is 0. The van der Waals surface area contributed by atoms with Crippen molar-refractivity contribution in [3.8, 4) is 11.1 Å². The van der Waals surface area contributed by atoms with Crippen molar-refractivity contribution in [3.05, 3.63) is 72.8 Å². The average molecular weight is 276 g/mol. The Bertz CT molecular complexity index is 868. The quantitative estimate of drug-likeness (QED) is 0.474. The Hall–Kier alpha value is -2.24. The molecule has 0 saturated heterocycles. The summed E-state index contributed by atoms with van der Waals surface area (Å²) in [6.45, 7) is 0. The lowest BCUT2D eigenvalue weighted by atomic mass is 10.2. The normalized spacial score (nSPS) is 11.2. The van der Waals surface area contributed by atoms with Gasteiger partial charge in [-0.2, -0.15) is 0 Å². The summed E-state index contributed by atoms with van der Waals surface area (Å²) in [6, 6.07) is 24.8. The number of para-hydroxylation sites is 1. The molecule has 0 aliphatic carbocycles. The number of hydrogen-bond acceptors (Lipinski definition) is 1. The van der Waals surface area contributed by atoms with Crippen LogP contribution < -0.4 is 0 Å². The molecule has 0 aliphatic heterocycles. The number of rotatable bonds is 1. The Morgan fingerprint density at radius 1 is 0.600 bits per heavy atom. The van der Waals surface area contributed by atoms with Crippen LogP contribution in [0.5, 0.6) is 5.75 Å². The van der Waals surface area contributed by atoms with Crippen LogP contribution in [0.1, 0.15) is 0 Å². The molecule has 0 atom stereocenters. The van der Waals surface area contributed by atoms with Gasteiger partial charge in [-0.05, 0) is 22.9 Å². The molecule has 0 fully saturated rings. The topological polar surface area (TPSA) is 20.2 Å². The second-order valence-corrected chi connectivity index (χ2v) is 6.97. The summed E-state index contributed by atoms with van der Waals surface area (Å²) in [6.07, 6.45) is 0. The van der Waals surface area contributed by atoms with Crippen LogP contribution in [0.15, 0.2) is 72.8 Å². The molecule has 0 radical (unpaired) electrons. The van der Waals surface area contributed by atoms with Gasteiger partial charge in [-0.1, -0.05) is 68.2 Å². The Kier molecular flexibility index (Phi) is 2.55. The van der Waals surface area contributed by atoms with Crippen molar-refractivity contribution in [2.75, 3.05) is 0 Å². The summed E-state index contributed by atoms with van der Waals surface area (Å²) in [4.78, 5) is 0. The van der Waals surface area contributed by atoms with Gasteiger partial charge in [-0.25, -0.2) is 0 Å². The van der Waals surface area contributed by atoms with E-state index in [0.717, 1.165) is 5.30 Å². The van der Waals surface area contributed by atoms with Gasteiger partial charge >= 0.3 is 0 Å². The Morgan fingerprint density at radius 3 is 1.70 bits per heavy atom. The molecule has 96 valence electrons. The van der Waals surface area contributed by atoms with E-state index in [2.05, 4.69) is 48.5 Å². The van der Waals surface area contributed by atoms with E-state index in [1.54, 1.807) is 6.07 Å². The third-order valence-electron chi connectivity index (χ3n) is 3.70. The second kappa shape index (κ2) is 4.40. The maximum absolute atomic E-state index is 10.2. The summed E-state index contributed by atoms with van der Waals surface area (Å²) in [5, 5.41) is 16.6. The largest absolute Gasteiger partial charge is 0.507 e. The zero-order chi connectivity index (χ0) is 13.5. The maximum atomic E-state index is 10.2. The third kappa shape index (κ3) is 1.57. The Labute approximate surface area is 118 Å². The lowest BCUT2D eigenvalue weighted by Gasteiger charge is -2.05. The third-order valence-corrected chi connectivity index (χ3v) is 6.31. The molecule has 3 aromatic carbocycles. The molecular formula is C18H13OP. The highest BCUT2D eigenvalue weighted by molar-refractivity contribution is 7.68. The van der Waals surface area contributed by atoms with Crippen LogP contribution in [0.3, 0.4) is 0 Å². The van der Waals surface area contributed by atoms with Crippen molar-refractivity contribution in [2.45, 2.75) is 0 Å². The SMILES string of the molecule is Oc1ccccc1-p1c2ccccc2c2ccccc21. The fourth-order valence-corrected chi connectivity index (χ4v) is 5.49. The zero-order valence-corrected chi connectivity index (χ0v) is 11.7. The molecule has 4 aromatic rings. The number of phenols is 1. The molecule has 0 bridgehead atoms. The molecule has 1 nitrogen and oxygen atoms in total. The van der Waals surface area contributed by atoms with Crippen LogP contribution in [0.2, 0.25) is 0 Å². The first-order valence-electron chi connectivity index (χ1n) is 6.63. The van der Waals surface area contributed by atoms with E-state index in [4.69, 9.17) is 0 Å². The minimum Gasteiger partial charge on any atom is -0.507 e. The second-order valence-electron chi connectivity index (χ2n) is 4.86. The van der Waals surface area contributed by atoms with Crippen molar-refractivity contribution in [2.24, 2.45) is 0 Å². The first-order chi connectivity index (χ1) is 9.86. The highest BCUT2D eigenvalue weighted by Crippen LogP contribution is 2.57. The predicted molar refractivity (Wildman–Crippen MR) is 87.2 cm³/mol. The lowest BCUT2D eigenvalue weighted by Crippen LogP contribution is -1.69. The van der Waals surface area contributed by atoms with Gasteiger partial charge in [0.15, 0.2) is 0 Å². The monoisotopic (exact) mass is 276 g/mol. The Balaban J connectivity index is 2.24. The van der Waals surface area contributed by atoms with E-state index < -0.39 is 7.53 Å². The fourth-order valence-electron chi connectivity index (χ4n) is 2.84. The minimum absolute atomic E-state index is 0.394. The average Bonchev–Trinajstić information content (AvgIpc) is 2.83. The van der Waals surface area contributed by atoms with E-state index >= 15 is 0 Å². The molecule has 0 amide bonds. The van der Waals surface area contributed by atoms with Gasteiger partial charge in [0.05, 0.1) is 0 Å². The van der Waals surface area contributed by atoms with Crippen LogP contribution >= 0.6 is 7.53 Å². The Morgan fingerprint density at radius 2 is 1.10 bits per heavy atom. The number of benzene rings is 3. The molecular weight excluding hydrogens is 263 g/mol. The van der Waals surface area contributed by atoms with E-state index in [1.165, 1.54) is 21.0 Å². The molecule has 0 spiro atoms. The lowest BCUT2D eigenvalue weighted by molar-refractivity contribution is 0.479. The summed E-state index contributed by atoms with van der Waals surface area (Å²) < 4.78 is 0. The van der Waals surface area contributed by atoms with Gasteiger partial charge in [-0.3, -0.25) is 0 Å². The maximum Gasteiger partial charge on any atom is 0.127 e. The van der Waals surface area contributed by atoms with Gasteiger partial charge in [0, 0.05) is 15.5 Å². The van der Waals surface area contributed by atoms with Crippen molar-refractivity contribution in [3.63, 3.8) is 0 Å². The van der Waals surface area contributed by atoms with E-state index in [9.17, 15) is 5.11 Å². The molecule has 2 heteroatoms. The number of fused-ring (bicyclic) bond motifs is 3. The number of hydrogen-bond donors (Lipinski definition) is 1. The van der Waals surface area contributed by atoms with Gasteiger partial charge in [-0.15, -0.1) is 0 Å². The standard InChI is InChI=1S/C18H13OP/c19-15-9-3-6-12-18(15)20-16-10-4-1-7-13(16)14-8-2-5-11-17(14)20/h1-12,19H. The van der Waals surface area contributed by atoms with Crippen molar-refractivity contribution in [1.82, 2.24) is 0 Å². The molecule has 0 unspecified atom stereocenters. The van der Waals surface area contributed by atoms with Crippen molar-refractivity contribution in [1.29, 1.82) is 0 Å². The van der Waals surface area contributed by atoms with Crippen LogP contribution in [0.4, 0.5) is 0 Å². The summed E-state index contributed by atoms with van der Waals surface area (Å²) in [5.74, 6) is 0.394. The van der Waals surface area contributed by atoms with Crippen LogP contribution in [-0.2, 0) is 0 Å². The van der Waals surface area contributed by atoms with Crippen LogP contribution in [-0.4, -0.2) is 5.11 Å². The number of aromatic hydroxyl groups is 1. The summed E-state index contributed by atoms with van der Waals surface area (Å²) in [5.41, 5.74) is 0. The molecule has 1 heterocycles. The zero-order valence-electron chi connectivity index (χ0n) is 10.8. The summed E-state index contributed by atoms with van der Waals surface area (Å²) in [7, 11) is -0.643. The van der Waals surface area contributed by atoms with E-state index in [1.807, 2.05) is 18.2 Å². The van der Waals surface area contributed by atoms with Crippen molar-refractivity contribution < 1.29 is 5.11 Å². The molecule has 0 saturated carbocycles. The van der Waals surface area contributed by atoms with Crippen LogP contribution in [0, 0.1) is 0 Å². The highest BCUT2D eigenvalue weighted by atomic mass is 31.1. The first-order valence-corrected chi connectivity index (χ1v) is 7.97. The van der Waals surface area contributed by atoms with Gasteiger partial charge in [0.25, 0.3) is 0 Å². The number of phenolic OH excluding ortho intramolecular Hbond substituents is 1. The molecule has 0 aliphatic rings. The van der Waals surface area contributed by atoms with Gasteiger partial charge in [0.1, 0.15) is 5.75 Å². The molecule has 1 aromatic heterocycles. The molecule has 4 rings (SSSR count). The molecule has 1 N–H and O–H groups in total. The van der Waals surface area contributed by atoms with Gasteiger partial charge < -0.3 is 5.11 Å². The predicted octanol–water partition coefficient (Wildman–Crippen LogP) is 5.67. The molecule has 20 heavy (non-hydrogen) atoms. The van der Waals surface area contributed by atoms with Crippen molar-refractivity contribution >= 4 is 28.5 Å². The smallest absolute Gasteiger partial charge is 0.127 e. The summed E-state index contributed by atoms with van der Waals surface area (Å²) >= 11 is 0. The van der Waals surface area contributed by atoms with Crippen LogP contribution in [0.25, 0.3) is 26.3 Å². The van der Waals surface area contributed by atoms with E-state index in [0.29, 0.717) is 5.75 Å². The first kappa shape index (κ1) is 11.6. The highest BCUT2D eigenvalue weighted by Gasteiger charge is 2.14. The van der Waals surface area contributed by atoms with Gasteiger partial charge in [0.2, 0.25) is 0 Å². The van der Waals surface area contributed by atoms with E-state index in [-0.39, 0.29) is 0 Å². The minimum atomic E-state index is -0.643.